The number of aromatic nitrogens is 2. The zero-order valence-electron chi connectivity index (χ0n) is 11.3. The maximum absolute atomic E-state index is 5.33. The molecule has 2 aromatic rings. The fraction of sp³-hybridized carbons (Fsp3) is 0.286. The van der Waals surface area contributed by atoms with Gasteiger partial charge in [0.2, 0.25) is 5.95 Å². The summed E-state index contributed by atoms with van der Waals surface area (Å²) in [5.41, 5.74) is 2.06. The standard InChI is InChI=1S/C14H17N3O2/c1-10-7-15-14(16-8-10)17-9-11-4-5-12(18-2)6-13(11)19-3/h4-8H,9H2,1-3H3,(H,15,16,17). The highest BCUT2D eigenvalue weighted by Crippen LogP contribution is 2.24. The van der Waals surface area contributed by atoms with Gasteiger partial charge in [-0.15, -0.1) is 0 Å². The molecule has 1 heterocycles. The van der Waals surface area contributed by atoms with Crippen LogP contribution < -0.4 is 14.8 Å². The Balaban J connectivity index is 2.08. The number of nitrogens with zero attached hydrogens (tertiary/aromatic N) is 2. The minimum Gasteiger partial charge on any atom is -0.497 e. The fourth-order valence-corrected chi connectivity index (χ4v) is 1.66. The van der Waals surface area contributed by atoms with E-state index in [-0.39, 0.29) is 0 Å². The van der Waals surface area contributed by atoms with Crippen molar-refractivity contribution in [3.05, 3.63) is 41.7 Å². The van der Waals surface area contributed by atoms with E-state index in [0.717, 1.165) is 22.6 Å². The van der Waals surface area contributed by atoms with Crippen molar-refractivity contribution in [3.8, 4) is 11.5 Å². The van der Waals surface area contributed by atoms with Crippen LogP contribution in [0.4, 0.5) is 5.95 Å². The number of ether oxygens (including phenoxy) is 2. The lowest BCUT2D eigenvalue weighted by atomic mass is 10.2. The van der Waals surface area contributed by atoms with Crippen LogP contribution in [-0.2, 0) is 6.54 Å². The second-order valence-electron chi connectivity index (χ2n) is 4.12. The average Bonchev–Trinajstić information content (AvgIpc) is 2.46. The summed E-state index contributed by atoms with van der Waals surface area (Å²) in [6.07, 6.45) is 3.56. The van der Waals surface area contributed by atoms with Crippen molar-refractivity contribution >= 4 is 5.95 Å². The third kappa shape index (κ3) is 3.34. The Bertz CT molecular complexity index is 541. The van der Waals surface area contributed by atoms with Crippen molar-refractivity contribution < 1.29 is 9.47 Å². The molecule has 1 N–H and O–H groups in total. The number of aryl methyl sites for hydroxylation is 1. The largest absolute Gasteiger partial charge is 0.497 e. The quantitative estimate of drug-likeness (QED) is 0.893. The van der Waals surface area contributed by atoms with E-state index in [0.29, 0.717) is 12.5 Å². The molecule has 0 atom stereocenters. The van der Waals surface area contributed by atoms with Gasteiger partial charge in [-0.2, -0.15) is 0 Å². The average molecular weight is 259 g/mol. The number of anilines is 1. The first kappa shape index (κ1) is 13.1. The van der Waals surface area contributed by atoms with Crippen molar-refractivity contribution in [2.24, 2.45) is 0 Å². The van der Waals surface area contributed by atoms with Crippen LogP contribution in [0.15, 0.2) is 30.6 Å². The van der Waals surface area contributed by atoms with Gasteiger partial charge in [0.15, 0.2) is 0 Å². The van der Waals surface area contributed by atoms with Crippen LogP contribution in [0.25, 0.3) is 0 Å². The molecule has 0 aliphatic carbocycles. The molecule has 0 aliphatic rings. The molecule has 0 aliphatic heterocycles. The molecule has 100 valence electrons. The van der Waals surface area contributed by atoms with E-state index >= 15 is 0 Å². The highest BCUT2D eigenvalue weighted by Gasteiger charge is 2.05. The molecule has 1 aromatic heterocycles. The summed E-state index contributed by atoms with van der Waals surface area (Å²) >= 11 is 0. The number of hydrogen-bond acceptors (Lipinski definition) is 5. The second-order valence-corrected chi connectivity index (χ2v) is 4.12. The van der Waals surface area contributed by atoms with Crippen molar-refractivity contribution in [2.45, 2.75) is 13.5 Å². The zero-order chi connectivity index (χ0) is 13.7. The minimum atomic E-state index is 0.593. The van der Waals surface area contributed by atoms with Crippen molar-refractivity contribution in [1.29, 1.82) is 0 Å². The Morgan fingerprint density at radius 3 is 2.47 bits per heavy atom. The molecule has 0 amide bonds. The molecular weight excluding hydrogens is 242 g/mol. The molecule has 0 saturated heterocycles. The lowest BCUT2D eigenvalue weighted by molar-refractivity contribution is 0.391. The van der Waals surface area contributed by atoms with E-state index < -0.39 is 0 Å². The maximum atomic E-state index is 5.33. The van der Waals surface area contributed by atoms with Gasteiger partial charge in [-0.05, 0) is 24.6 Å². The molecule has 19 heavy (non-hydrogen) atoms. The van der Waals surface area contributed by atoms with Gasteiger partial charge in [-0.1, -0.05) is 0 Å². The molecule has 0 bridgehead atoms. The second kappa shape index (κ2) is 6.04. The van der Waals surface area contributed by atoms with Gasteiger partial charge in [-0.3, -0.25) is 0 Å². The maximum Gasteiger partial charge on any atom is 0.222 e. The highest BCUT2D eigenvalue weighted by atomic mass is 16.5. The number of benzene rings is 1. The molecule has 5 heteroatoms. The monoisotopic (exact) mass is 259 g/mol. The number of methoxy groups -OCH3 is 2. The number of nitrogens with one attached hydrogen (secondary N) is 1. The van der Waals surface area contributed by atoms with E-state index in [1.807, 2.05) is 25.1 Å². The summed E-state index contributed by atoms with van der Waals surface area (Å²) in [6.45, 7) is 2.55. The Morgan fingerprint density at radius 1 is 1.11 bits per heavy atom. The molecule has 5 nitrogen and oxygen atoms in total. The summed E-state index contributed by atoms with van der Waals surface area (Å²) in [6, 6.07) is 5.71. The summed E-state index contributed by atoms with van der Waals surface area (Å²) in [5, 5.41) is 3.16. The summed E-state index contributed by atoms with van der Waals surface area (Å²) in [5.74, 6) is 2.15. The van der Waals surface area contributed by atoms with Crippen LogP contribution in [0.5, 0.6) is 11.5 Å². The molecule has 0 fully saturated rings. The van der Waals surface area contributed by atoms with Crippen LogP contribution in [0.2, 0.25) is 0 Å². The van der Waals surface area contributed by atoms with Gasteiger partial charge in [0, 0.05) is 30.6 Å². The predicted octanol–water partition coefficient (Wildman–Crippen LogP) is 2.41. The Hall–Kier alpha value is -2.30. The van der Waals surface area contributed by atoms with Gasteiger partial charge < -0.3 is 14.8 Å². The van der Waals surface area contributed by atoms with E-state index in [9.17, 15) is 0 Å². The van der Waals surface area contributed by atoms with Crippen LogP contribution in [0.3, 0.4) is 0 Å². The smallest absolute Gasteiger partial charge is 0.222 e. The molecule has 1 aromatic carbocycles. The first-order valence-corrected chi connectivity index (χ1v) is 5.96. The van der Waals surface area contributed by atoms with E-state index in [1.54, 1.807) is 26.6 Å². The summed E-state index contributed by atoms with van der Waals surface area (Å²) in [4.78, 5) is 8.39. The van der Waals surface area contributed by atoms with Gasteiger partial charge >= 0.3 is 0 Å². The van der Waals surface area contributed by atoms with Gasteiger partial charge in [0.25, 0.3) is 0 Å². The topological polar surface area (TPSA) is 56.3 Å². The first-order chi connectivity index (χ1) is 9.22. The van der Waals surface area contributed by atoms with Gasteiger partial charge in [0.1, 0.15) is 11.5 Å². The van der Waals surface area contributed by atoms with Crippen molar-refractivity contribution in [3.63, 3.8) is 0 Å². The van der Waals surface area contributed by atoms with Crippen molar-refractivity contribution in [2.75, 3.05) is 19.5 Å². The highest BCUT2D eigenvalue weighted by molar-refractivity contribution is 5.42. The Kier molecular flexibility index (Phi) is 4.18. The third-order valence-corrected chi connectivity index (χ3v) is 2.71. The Morgan fingerprint density at radius 2 is 1.84 bits per heavy atom. The fourth-order valence-electron chi connectivity index (χ4n) is 1.66. The lowest BCUT2D eigenvalue weighted by Gasteiger charge is -2.11. The molecule has 0 saturated carbocycles. The van der Waals surface area contributed by atoms with E-state index in [1.165, 1.54) is 0 Å². The van der Waals surface area contributed by atoms with Crippen LogP contribution in [0, 0.1) is 6.92 Å². The molecule has 0 unspecified atom stereocenters. The van der Waals surface area contributed by atoms with Crippen LogP contribution in [-0.4, -0.2) is 24.2 Å². The Labute approximate surface area is 112 Å². The van der Waals surface area contributed by atoms with Crippen LogP contribution in [0.1, 0.15) is 11.1 Å². The molecule has 0 spiro atoms. The van der Waals surface area contributed by atoms with Gasteiger partial charge in [-0.25, -0.2) is 9.97 Å². The molecule has 2 rings (SSSR count). The number of rotatable bonds is 5. The first-order valence-electron chi connectivity index (χ1n) is 5.96. The van der Waals surface area contributed by atoms with E-state index in [2.05, 4.69) is 15.3 Å². The molecule has 0 radical (unpaired) electrons. The summed E-state index contributed by atoms with van der Waals surface area (Å²) in [7, 11) is 3.27. The third-order valence-electron chi connectivity index (χ3n) is 2.71. The lowest BCUT2D eigenvalue weighted by Crippen LogP contribution is -2.05. The summed E-state index contributed by atoms with van der Waals surface area (Å²) < 4.78 is 10.5. The van der Waals surface area contributed by atoms with Crippen LogP contribution >= 0.6 is 0 Å². The van der Waals surface area contributed by atoms with E-state index in [4.69, 9.17) is 9.47 Å². The SMILES string of the molecule is COc1ccc(CNc2ncc(C)cn2)c(OC)c1. The molecular formula is C14H17N3O2. The minimum absolute atomic E-state index is 0.593. The van der Waals surface area contributed by atoms with Gasteiger partial charge in [0.05, 0.1) is 14.2 Å². The predicted molar refractivity (Wildman–Crippen MR) is 73.6 cm³/mol. The zero-order valence-corrected chi connectivity index (χ0v) is 11.3. The normalized spacial score (nSPS) is 10.1. The van der Waals surface area contributed by atoms with Crippen molar-refractivity contribution in [1.82, 2.24) is 9.97 Å². The number of hydrogen-bond donors (Lipinski definition) is 1.